The molecule has 0 bridgehead atoms. The Labute approximate surface area is 97.9 Å². The first-order chi connectivity index (χ1) is 7.56. The van der Waals surface area contributed by atoms with Crippen molar-refractivity contribution in [3.8, 4) is 6.07 Å². The predicted octanol–water partition coefficient (Wildman–Crippen LogP) is 1.32. The number of hydrogen-bond donors (Lipinski definition) is 1. The zero-order valence-electron chi connectivity index (χ0n) is 10.5. The van der Waals surface area contributed by atoms with Gasteiger partial charge in [-0.1, -0.05) is 0 Å². The number of hydrogen-bond acceptors (Lipinski definition) is 4. The van der Waals surface area contributed by atoms with Crippen LogP contribution in [0, 0.1) is 17.2 Å². The lowest BCUT2D eigenvalue weighted by molar-refractivity contribution is 0.0609. The largest absolute Gasteiger partial charge is 0.381 e. The Morgan fingerprint density at radius 3 is 2.88 bits per heavy atom. The Balaban J connectivity index is 2.25. The van der Waals surface area contributed by atoms with Gasteiger partial charge in [-0.3, -0.25) is 5.32 Å². The minimum absolute atomic E-state index is 0.281. The molecule has 0 amide bonds. The van der Waals surface area contributed by atoms with Crippen LogP contribution < -0.4 is 5.32 Å². The van der Waals surface area contributed by atoms with Gasteiger partial charge in [-0.05, 0) is 27.2 Å². The summed E-state index contributed by atoms with van der Waals surface area (Å²) in [5.74, 6) is 0.502. The van der Waals surface area contributed by atoms with Gasteiger partial charge in [0.2, 0.25) is 0 Å². The normalized spacial score (nSPS) is 24.3. The van der Waals surface area contributed by atoms with Crippen LogP contribution in [0.15, 0.2) is 0 Å². The minimum Gasteiger partial charge on any atom is -0.381 e. The molecule has 2 unspecified atom stereocenters. The molecule has 0 aliphatic carbocycles. The Hall–Kier alpha value is -0.630. The summed E-state index contributed by atoms with van der Waals surface area (Å²) in [5, 5.41) is 12.3. The van der Waals surface area contributed by atoms with Gasteiger partial charge in [0.25, 0.3) is 0 Å². The molecule has 1 N–H and O–H groups in total. The molecule has 0 radical (unpaired) electrons. The third kappa shape index (κ3) is 4.48. The highest BCUT2D eigenvalue weighted by molar-refractivity contribution is 5.04. The summed E-state index contributed by atoms with van der Waals surface area (Å²) < 4.78 is 10.9. The van der Waals surface area contributed by atoms with E-state index in [2.05, 4.69) is 11.4 Å². The standard InChI is InChI=1S/C12H22N2O2/c1-10(2)14-12(3,8-13)9-16-7-11-4-5-15-6-11/h10-11,14H,4-7,9H2,1-3H3. The quantitative estimate of drug-likeness (QED) is 0.742. The predicted molar refractivity (Wildman–Crippen MR) is 62.0 cm³/mol. The van der Waals surface area contributed by atoms with Crippen LogP contribution in [-0.2, 0) is 9.47 Å². The molecule has 16 heavy (non-hydrogen) atoms. The second kappa shape index (κ2) is 6.19. The van der Waals surface area contributed by atoms with Crippen molar-refractivity contribution in [1.82, 2.24) is 5.32 Å². The average molecular weight is 226 g/mol. The molecule has 1 rings (SSSR count). The first kappa shape index (κ1) is 13.4. The molecule has 0 aromatic rings. The van der Waals surface area contributed by atoms with Crippen molar-refractivity contribution in [1.29, 1.82) is 5.26 Å². The van der Waals surface area contributed by atoms with Crippen molar-refractivity contribution in [3.05, 3.63) is 0 Å². The lowest BCUT2D eigenvalue weighted by Crippen LogP contribution is -2.48. The van der Waals surface area contributed by atoms with Gasteiger partial charge in [0.1, 0.15) is 5.54 Å². The van der Waals surface area contributed by atoms with Crippen molar-refractivity contribution in [2.45, 2.75) is 38.8 Å². The third-order valence-corrected chi connectivity index (χ3v) is 2.62. The van der Waals surface area contributed by atoms with Crippen LogP contribution in [0.2, 0.25) is 0 Å². The molecular weight excluding hydrogens is 204 g/mol. The molecule has 1 fully saturated rings. The van der Waals surface area contributed by atoms with E-state index >= 15 is 0 Å². The Bertz CT molecular complexity index is 244. The molecule has 1 heterocycles. The van der Waals surface area contributed by atoms with Crippen LogP contribution >= 0.6 is 0 Å². The highest BCUT2D eigenvalue weighted by Gasteiger charge is 2.25. The van der Waals surface area contributed by atoms with Crippen molar-refractivity contribution < 1.29 is 9.47 Å². The van der Waals surface area contributed by atoms with Gasteiger partial charge in [0.05, 0.1) is 25.9 Å². The van der Waals surface area contributed by atoms with Gasteiger partial charge in [-0.2, -0.15) is 5.26 Å². The molecule has 0 aromatic heterocycles. The van der Waals surface area contributed by atoms with Crippen molar-refractivity contribution in [3.63, 3.8) is 0 Å². The Morgan fingerprint density at radius 1 is 1.62 bits per heavy atom. The average Bonchev–Trinajstić information content (AvgIpc) is 2.69. The molecule has 0 spiro atoms. The van der Waals surface area contributed by atoms with Crippen molar-refractivity contribution in [2.24, 2.45) is 5.92 Å². The molecule has 92 valence electrons. The van der Waals surface area contributed by atoms with Gasteiger partial charge in [-0.25, -0.2) is 0 Å². The van der Waals surface area contributed by atoms with E-state index < -0.39 is 5.54 Å². The van der Waals surface area contributed by atoms with Gasteiger partial charge in [0.15, 0.2) is 0 Å². The molecule has 4 nitrogen and oxygen atoms in total. The van der Waals surface area contributed by atoms with E-state index in [0.717, 1.165) is 19.6 Å². The van der Waals surface area contributed by atoms with Crippen LogP contribution in [-0.4, -0.2) is 38.0 Å². The zero-order chi connectivity index (χ0) is 12.0. The first-order valence-corrected chi connectivity index (χ1v) is 5.90. The topological polar surface area (TPSA) is 54.3 Å². The van der Waals surface area contributed by atoms with E-state index in [1.807, 2.05) is 20.8 Å². The summed E-state index contributed by atoms with van der Waals surface area (Å²) in [7, 11) is 0. The molecule has 1 aliphatic heterocycles. The fourth-order valence-corrected chi connectivity index (χ4v) is 1.89. The fraction of sp³-hybridized carbons (Fsp3) is 0.917. The van der Waals surface area contributed by atoms with E-state index in [1.165, 1.54) is 0 Å². The highest BCUT2D eigenvalue weighted by Crippen LogP contribution is 2.13. The van der Waals surface area contributed by atoms with E-state index in [9.17, 15) is 0 Å². The summed E-state index contributed by atoms with van der Waals surface area (Å²) in [5.41, 5.74) is -0.590. The second-order valence-electron chi connectivity index (χ2n) is 4.99. The van der Waals surface area contributed by atoms with E-state index in [4.69, 9.17) is 14.7 Å². The van der Waals surface area contributed by atoms with E-state index in [0.29, 0.717) is 19.1 Å². The lowest BCUT2D eigenvalue weighted by atomic mass is 10.0. The second-order valence-corrected chi connectivity index (χ2v) is 4.99. The van der Waals surface area contributed by atoms with Gasteiger partial charge in [0, 0.05) is 18.6 Å². The van der Waals surface area contributed by atoms with Crippen LogP contribution in [0.5, 0.6) is 0 Å². The molecule has 0 aromatic carbocycles. The Kier molecular flexibility index (Phi) is 5.20. The van der Waals surface area contributed by atoms with Crippen LogP contribution in [0.1, 0.15) is 27.2 Å². The number of rotatable bonds is 6. The lowest BCUT2D eigenvalue weighted by Gasteiger charge is -2.26. The maximum Gasteiger partial charge on any atom is 0.127 e. The summed E-state index contributed by atoms with van der Waals surface area (Å²) in [6, 6.07) is 2.55. The molecule has 0 saturated carbocycles. The first-order valence-electron chi connectivity index (χ1n) is 5.90. The monoisotopic (exact) mass is 226 g/mol. The minimum atomic E-state index is -0.590. The van der Waals surface area contributed by atoms with E-state index in [1.54, 1.807) is 0 Å². The van der Waals surface area contributed by atoms with Crippen molar-refractivity contribution in [2.75, 3.05) is 26.4 Å². The highest BCUT2D eigenvalue weighted by atomic mass is 16.5. The maximum atomic E-state index is 9.11. The summed E-state index contributed by atoms with van der Waals surface area (Å²) >= 11 is 0. The summed E-state index contributed by atoms with van der Waals surface area (Å²) in [6.07, 6.45) is 1.07. The zero-order valence-corrected chi connectivity index (χ0v) is 10.5. The van der Waals surface area contributed by atoms with Crippen LogP contribution in [0.3, 0.4) is 0 Å². The summed E-state index contributed by atoms with van der Waals surface area (Å²) in [6.45, 7) is 8.68. The van der Waals surface area contributed by atoms with Gasteiger partial charge >= 0.3 is 0 Å². The van der Waals surface area contributed by atoms with Crippen LogP contribution in [0.4, 0.5) is 0 Å². The maximum absolute atomic E-state index is 9.11. The smallest absolute Gasteiger partial charge is 0.127 e. The Morgan fingerprint density at radius 2 is 2.38 bits per heavy atom. The molecular formula is C12H22N2O2. The molecule has 2 atom stereocenters. The third-order valence-electron chi connectivity index (χ3n) is 2.62. The molecule has 1 aliphatic rings. The number of nitriles is 1. The van der Waals surface area contributed by atoms with E-state index in [-0.39, 0.29) is 6.04 Å². The number of nitrogens with zero attached hydrogens (tertiary/aromatic N) is 1. The van der Waals surface area contributed by atoms with Gasteiger partial charge < -0.3 is 9.47 Å². The molecule has 4 heteroatoms. The molecule has 1 saturated heterocycles. The number of ether oxygens (including phenoxy) is 2. The number of nitrogens with one attached hydrogen (secondary N) is 1. The fourth-order valence-electron chi connectivity index (χ4n) is 1.89. The van der Waals surface area contributed by atoms with Crippen LogP contribution in [0.25, 0.3) is 0 Å². The van der Waals surface area contributed by atoms with Gasteiger partial charge in [-0.15, -0.1) is 0 Å². The van der Waals surface area contributed by atoms with Crippen molar-refractivity contribution >= 4 is 0 Å². The SMILES string of the molecule is CC(C)NC(C)(C#N)COCC1CCOC1. The summed E-state index contributed by atoms with van der Waals surface area (Å²) in [4.78, 5) is 0.